The Balaban J connectivity index is 1.62. The number of nitrogens with one attached hydrogen (secondary N) is 2. The highest BCUT2D eigenvalue weighted by Crippen LogP contribution is 2.33. The summed E-state index contributed by atoms with van der Waals surface area (Å²) < 4.78 is 37.3. The van der Waals surface area contributed by atoms with Crippen LogP contribution in [0.15, 0.2) is 53.4 Å². The minimum absolute atomic E-state index is 0.0289. The molecular weight excluding hydrogens is 396 g/mol. The maximum atomic E-state index is 12.3. The van der Waals surface area contributed by atoms with E-state index in [4.69, 9.17) is 9.47 Å². The summed E-state index contributed by atoms with van der Waals surface area (Å²) in [7, 11) is -2.19. The summed E-state index contributed by atoms with van der Waals surface area (Å²) in [6.45, 7) is 1.95. The summed E-state index contributed by atoms with van der Waals surface area (Å²) in [5.41, 5.74) is 1.59. The lowest BCUT2D eigenvalue weighted by Gasteiger charge is -2.14. The lowest BCUT2D eigenvalue weighted by Crippen LogP contribution is -2.35. The van der Waals surface area contributed by atoms with Gasteiger partial charge in [-0.25, -0.2) is 17.9 Å². The van der Waals surface area contributed by atoms with E-state index in [1.165, 1.54) is 31.4 Å². The van der Waals surface area contributed by atoms with E-state index < -0.39 is 22.1 Å². The van der Waals surface area contributed by atoms with Crippen LogP contribution in [0.4, 0.5) is 5.69 Å². The van der Waals surface area contributed by atoms with Crippen molar-refractivity contribution in [2.24, 2.45) is 0 Å². The average molecular weight is 418 g/mol. The Morgan fingerprint density at radius 1 is 1.17 bits per heavy atom. The zero-order chi connectivity index (χ0) is 21.0. The third-order valence-corrected chi connectivity index (χ3v) is 5.97. The number of sulfonamides is 1. The molecule has 0 aromatic heterocycles. The second-order valence-corrected chi connectivity index (χ2v) is 8.45. The van der Waals surface area contributed by atoms with E-state index >= 15 is 0 Å². The lowest BCUT2D eigenvalue weighted by molar-refractivity contribution is -0.118. The smallest absolute Gasteiger partial charge is 0.339 e. The largest absolute Gasteiger partial charge is 0.453 e. The first-order valence-electron chi connectivity index (χ1n) is 9.01. The predicted octanol–water partition coefficient (Wildman–Crippen LogP) is 2.24. The number of amides is 1. The molecule has 2 atom stereocenters. The van der Waals surface area contributed by atoms with Gasteiger partial charge in [0.15, 0.2) is 0 Å². The summed E-state index contributed by atoms with van der Waals surface area (Å²) in [6.07, 6.45) is -0.663. The maximum Gasteiger partial charge on any atom is 0.339 e. The van der Waals surface area contributed by atoms with Gasteiger partial charge < -0.3 is 14.8 Å². The van der Waals surface area contributed by atoms with Crippen LogP contribution in [0.2, 0.25) is 0 Å². The number of carbonyl (C=O) groups is 2. The Kier molecular flexibility index (Phi) is 6.31. The summed E-state index contributed by atoms with van der Waals surface area (Å²) in [6, 6.07) is 12.4. The highest BCUT2D eigenvalue weighted by molar-refractivity contribution is 7.89. The molecule has 0 bridgehead atoms. The molecule has 2 N–H and O–H groups in total. The minimum Gasteiger partial charge on any atom is -0.453 e. The zero-order valence-electron chi connectivity index (χ0n) is 16.0. The molecule has 29 heavy (non-hydrogen) atoms. The van der Waals surface area contributed by atoms with Gasteiger partial charge in [-0.2, -0.15) is 0 Å². The Bertz CT molecular complexity index is 1000. The van der Waals surface area contributed by atoms with Crippen LogP contribution in [0.3, 0.4) is 0 Å². The van der Waals surface area contributed by atoms with E-state index in [2.05, 4.69) is 10.0 Å². The fourth-order valence-corrected chi connectivity index (χ4v) is 4.31. The molecule has 0 unspecified atom stereocenters. The minimum atomic E-state index is -3.69. The van der Waals surface area contributed by atoms with Gasteiger partial charge >= 0.3 is 5.97 Å². The van der Waals surface area contributed by atoms with Crippen LogP contribution in [0.1, 0.15) is 35.4 Å². The van der Waals surface area contributed by atoms with Crippen molar-refractivity contribution in [3.8, 4) is 0 Å². The Labute approximate surface area is 169 Å². The van der Waals surface area contributed by atoms with Crippen molar-refractivity contribution in [3.63, 3.8) is 0 Å². The summed E-state index contributed by atoms with van der Waals surface area (Å²) in [4.78, 5) is 24.3. The standard InChI is InChI=1S/C20H22N2O6S/c1-13(12-27-2)22-29(25,26)15-9-7-14(8-10-15)21-19(23)11-18-16-5-3-4-6-17(16)20(24)28-18/h3-10,13,18,22H,11-12H2,1-2H3,(H,21,23)/t13-,18+/m1/s1. The fraction of sp³-hybridized carbons (Fsp3) is 0.300. The summed E-state index contributed by atoms with van der Waals surface area (Å²) in [5, 5.41) is 2.69. The molecule has 2 aromatic carbocycles. The van der Waals surface area contributed by atoms with E-state index in [-0.39, 0.29) is 29.9 Å². The van der Waals surface area contributed by atoms with Gasteiger partial charge in [0.25, 0.3) is 0 Å². The second kappa shape index (κ2) is 8.73. The van der Waals surface area contributed by atoms with Crippen molar-refractivity contribution in [1.29, 1.82) is 0 Å². The first-order chi connectivity index (χ1) is 13.8. The average Bonchev–Trinajstić information content (AvgIpc) is 2.98. The molecule has 0 saturated heterocycles. The number of ether oxygens (including phenoxy) is 2. The quantitative estimate of drug-likeness (QED) is 0.636. The van der Waals surface area contributed by atoms with Crippen molar-refractivity contribution < 1.29 is 27.5 Å². The van der Waals surface area contributed by atoms with Crippen LogP contribution in [-0.4, -0.2) is 40.1 Å². The first-order valence-corrected chi connectivity index (χ1v) is 10.5. The monoisotopic (exact) mass is 418 g/mol. The lowest BCUT2D eigenvalue weighted by atomic mass is 10.0. The topological polar surface area (TPSA) is 111 Å². The highest BCUT2D eigenvalue weighted by Gasteiger charge is 2.32. The number of esters is 1. The number of carbonyl (C=O) groups excluding carboxylic acids is 2. The van der Waals surface area contributed by atoms with Gasteiger partial charge in [-0.15, -0.1) is 0 Å². The molecule has 0 radical (unpaired) electrons. The van der Waals surface area contributed by atoms with Crippen LogP contribution < -0.4 is 10.0 Å². The molecule has 3 rings (SSSR count). The van der Waals surface area contributed by atoms with Gasteiger partial charge in [0.1, 0.15) is 6.10 Å². The van der Waals surface area contributed by atoms with Crippen molar-refractivity contribution >= 4 is 27.6 Å². The van der Waals surface area contributed by atoms with Crippen LogP contribution in [0.5, 0.6) is 0 Å². The normalized spacial score (nSPS) is 16.8. The molecule has 2 aromatic rings. The molecule has 9 heteroatoms. The number of anilines is 1. The Morgan fingerprint density at radius 2 is 1.86 bits per heavy atom. The van der Waals surface area contributed by atoms with Gasteiger partial charge in [-0.1, -0.05) is 18.2 Å². The number of rotatable bonds is 8. The van der Waals surface area contributed by atoms with E-state index in [0.29, 0.717) is 16.8 Å². The predicted molar refractivity (Wildman–Crippen MR) is 106 cm³/mol. The van der Waals surface area contributed by atoms with Gasteiger partial charge in [-0.05, 0) is 37.3 Å². The van der Waals surface area contributed by atoms with E-state index in [1.54, 1.807) is 31.2 Å². The third kappa shape index (κ3) is 5.00. The Hall–Kier alpha value is -2.75. The van der Waals surface area contributed by atoms with Gasteiger partial charge in [0.2, 0.25) is 15.9 Å². The van der Waals surface area contributed by atoms with Crippen LogP contribution >= 0.6 is 0 Å². The van der Waals surface area contributed by atoms with Crippen LogP contribution in [0.25, 0.3) is 0 Å². The number of hydrogen-bond acceptors (Lipinski definition) is 6. The van der Waals surface area contributed by atoms with Crippen molar-refractivity contribution in [3.05, 3.63) is 59.7 Å². The second-order valence-electron chi connectivity index (χ2n) is 6.74. The number of hydrogen-bond donors (Lipinski definition) is 2. The molecule has 8 nitrogen and oxygen atoms in total. The van der Waals surface area contributed by atoms with Gasteiger partial charge in [0, 0.05) is 24.4 Å². The third-order valence-electron chi connectivity index (χ3n) is 4.37. The van der Waals surface area contributed by atoms with E-state index in [0.717, 1.165) is 0 Å². The van der Waals surface area contributed by atoms with E-state index in [9.17, 15) is 18.0 Å². The molecule has 1 aliphatic heterocycles. The van der Waals surface area contributed by atoms with E-state index in [1.807, 2.05) is 0 Å². The molecule has 1 heterocycles. The Morgan fingerprint density at radius 3 is 2.55 bits per heavy atom. The first kappa shape index (κ1) is 21.0. The molecule has 1 aliphatic rings. The number of methoxy groups -OCH3 is 1. The number of fused-ring (bicyclic) bond motifs is 1. The number of benzene rings is 2. The van der Waals surface area contributed by atoms with Crippen molar-refractivity contribution in [2.45, 2.75) is 30.4 Å². The molecule has 0 saturated carbocycles. The van der Waals surface area contributed by atoms with Crippen LogP contribution in [-0.2, 0) is 24.3 Å². The number of cyclic esters (lactones) is 1. The van der Waals surface area contributed by atoms with Gasteiger partial charge in [-0.3, -0.25) is 4.79 Å². The highest BCUT2D eigenvalue weighted by atomic mass is 32.2. The SMILES string of the molecule is COC[C@@H](C)NS(=O)(=O)c1ccc(NC(=O)C[C@@H]2OC(=O)c3ccccc32)cc1. The zero-order valence-corrected chi connectivity index (χ0v) is 16.9. The molecule has 0 aliphatic carbocycles. The summed E-state index contributed by atoms with van der Waals surface area (Å²) >= 11 is 0. The van der Waals surface area contributed by atoms with Crippen LogP contribution in [0, 0.1) is 0 Å². The molecule has 1 amide bonds. The fourth-order valence-electron chi connectivity index (χ4n) is 3.09. The molecule has 0 spiro atoms. The maximum absolute atomic E-state index is 12.3. The van der Waals surface area contributed by atoms with Crippen molar-refractivity contribution in [2.75, 3.05) is 19.0 Å². The summed E-state index contributed by atoms with van der Waals surface area (Å²) in [5.74, 6) is -0.787. The molecular formula is C20H22N2O6S. The molecule has 0 fully saturated rings. The van der Waals surface area contributed by atoms with Crippen molar-refractivity contribution in [1.82, 2.24) is 4.72 Å². The van der Waals surface area contributed by atoms with Gasteiger partial charge in [0.05, 0.1) is 23.5 Å². The molecule has 154 valence electrons.